The fraction of sp³-hybridized carbons (Fsp3) is 0.464. The molecule has 10 heteroatoms. The second kappa shape index (κ2) is 9.41. The molecule has 0 saturated heterocycles. The van der Waals surface area contributed by atoms with E-state index in [0.717, 1.165) is 48.6 Å². The molecule has 3 aromatic rings. The smallest absolute Gasteiger partial charge is 0.410 e. The van der Waals surface area contributed by atoms with E-state index in [-0.39, 0.29) is 28.8 Å². The van der Waals surface area contributed by atoms with E-state index >= 15 is 4.39 Å². The molecular formula is C28H31FN2O6S. The Morgan fingerprint density at radius 1 is 1.21 bits per heavy atom. The van der Waals surface area contributed by atoms with Gasteiger partial charge in [0, 0.05) is 29.0 Å². The van der Waals surface area contributed by atoms with Crippen LogP contribution in [-0.4, -0.2) is 46.4 Å². The van der Waals surface area contributed by atoms with E-state index < -0.39 is 34.5 Å². The molecule has 8 nitrogen and oxygen atoms in total. The van der Waals surface area contributed by atoms with Crippen LogP contribution in [0.3, 0.4) is 0 Å². The van der Waals surface area contributed by atoms with Crippen molar-refractivity contribution in [2.45, 2.75) is 70.6 Å². The van der Waals surface area contributed by atoms with Gasteiger partial charge in [-0.05, 0) is 70.6 Å². The largest absolute Gasteiger partial charge is 0.494 e. The number of carbonyl (C=O) groups excluding carboxylic acids is 1. The highest BCUT2D eigenvalue weighted by molar-refractivity contribution is 7.15. The van der Waals surface area contributed by atoms with Crippen LogP contribution in [0.4, 0.5) is 9.18 Å². The first-order valence-electron chi connectivity index (χ1n) is 12.7. The Morgan fingerprint density at radius 3 is 2.53 bits per heavy atom. The summed E-state index contributed by atoms with van der Waals surface area (Å²) in [5.41, 5.74) is -0.171. The molecule has 0 aliphatic heterocycles. The number of carbonyl (C=O) groups is 2. The first kappa shape index (κ1) is 26.2. The summed E-state index contributed by atoms with van der Waals surface area (Å²) in [7, 11) is 3.15. The van der Waals surface area contributed by atoms with Crippen molar-refractivity contribution >= 4 is 34.3 Å². The Labute approximate surface area is 223 Å². The lowest BCUT2D eigenvalue weighted by molar-refractivity contribution is 0.0205. The van der Waals surface area contributed by atoms with E-state index in [1.54, 1.807) is 16.5 Å². The van der Waals surface area contributed by atoms with Gasteiger partial charge in [0.2, 0.25) is 5.43 Å². The third kappa shape index (κ3) is 4.55. The van der Waals surface area contributed by atoms with Crippen molar-refractivity contribution in [3.63, 3.8) is 0 Å². The molecule has 5 rings (SSSR count). The highest BCUT2D eigenvalue weighted by Gasteiger charge is 2.34. The second-order valence-electron chi connectivity index (χ2n) is 11.0. The summed E-state index contributed by atoms with van der Waals surface area (Å²) in [6.45, 7) is 5.47. The van der Waals surface area contributed by atoms with Gasteiger partial charge < -0.3 is 24.0 Å². The summed E-state index contributed by atoms with van der Waals surface area (Å²) >= 11 is 1.45. The number of hydrogen-bond donors (Lipinski definition) is 1. The number of hydrogen-bond acceptors (Lipinski definition) is 6. The molecule has 2 aromatic heterocycles. The minimum atomic E-state index is -1.35. The van der Waals surface area contributed by atoms with Crippen molar-refractivity contribution in [2.75, 3.05) is 14.2 Å². The number of aromatic nitrogens is 1. The van der Waals surface area contributed by atoms with Crippen LogP contribution in [0.15, 0.2) is 23.1 Å². The van der Waals surface area contributed by atoms with Gasteiger partial charge in [-0.3, -0.25) is 4.79 Å². The van der Waals surface area contributed by atoms with Gasteiger partial charge in [0.25, 0.3) is 0 Å². The highest BCUT2D eigenvalue weighted by Crippen LogP contribution is 2.48. The summed E-state index contributed by atoms with van der Waals surface area (Å²) in [5.74, 6) is -1.80. The van der Waals surface area contributed by atoms with Crippen molar-refractivity contribution in [1.29, 1.82) is 0 Å². The van der Waals surface area contributed by atoms with E-state index in [9.17, 15) is 19.5 Å². The molecule has 1 saturated carbocycles. The molecular weight excluding hydrogens is 511 g/mol. The Bertz CT molecular complexity index is 1510. The fourth-order valence-electron chi connectivity index (χ4n) is 5.19. The number of halogens is 1. The number of rotatable bonds is 5. The molecule has 2 aliphatic carbocycles. The van der Waals surface area contributed by atoms with Gasteiger partial charge in [0.15, 0.2) is 5.75 Å². The van der Waals surface area contributed by atoms with Gasteiger partial charge in [0.1, 0.15) is 17.0 Å². The predicted molar refractivity (Wildman–Crippen MR) is 143 cm³/mol. The van der Waals surface area contributed by atoms with Crippen LogP contribution in [0.5, 0.6) is 5.75 Å². The molecule has 1 N–H and O–H groups in total. The Morgan fingerprint density at radius 2 is 1.92 bits per heavy atom. The monoisotopic (exact) mass is 542 g/mol. The van der Waals surface area contributed by atoms with Crippen LogP contribution in [-0.2, 0) is 11.2 Å². The van der Waals surface area contributed by atoms with Crippen LogP contribution in [0.25, 0.3) is 21.3 Å². The summed E-state index contributed by atoms with van der Waals surface area (Å²) in [6, 6.07) is 2.84. The number of thiophene rings is 1. The molecule has 1 atom stereocenters. The van der Waals surface area contributed by atoms with E-state index in [1.165, 1.54) is 24.6 Å². The maximum atomic E-state index is 15.8. The average Bonchev–Trinajstić information content (AvgIpc) is 3.59. The molecule has 0 bridgehead atoms. The molecule has 1 fully saturated rings. The number of ether oxygens (including phenoxy) is 2. The molecule has 2 aliphatic rings. The minimum Gasteiger partial charge on any atom is -0.494 e. The number of benzene rings is 1. The van der Waals surface area contributed by atoms with Crippen LogP contribution in [0.2, 0.25) is 0 Å². The zero-order chi connectivity index (χ0) is 27.5. The van der Waals surface area contributed by atoms with Crippen molar-refractivity contribution in [2.24, 2.45) is 0 Å². The quantitative estimate of drug-likeness (QED) is 0.415. The van der Waals surface area contributed by atoms with E-state index in [1.807, 2.05) is 26.8 Å². The molecule has 2 heterocycles. The summed E-state index contributed by atoms with van der Waals surface area (Å²) in [4.78, 5) is 40.9. The van der Waals surface area contributed by atoms with Crippen LogP contribution >= 0.6 is 11.3 Å². The Hall–Kier alpha value is -3.40. The average molecular weight is 543 g/mol. The maximum Gasteiger partial charge on any atom is 0.410 e. The highest BCUT2D eigenvalue weighted by atomic mass is 32.1. The zero-order valence-electron chi connectivity index (χ0n) is 22.1. The van der Waals surface area contributed by atoms with Gasteiger partial charge in [-0.1, -0.05) is 0 Å². The molecule has 1 unspecified atom stereocenters. The standard InChI is InChI=1S/C28H31FN2O6S/c1-28(2,3)37-27(35)30(4)19-7-6-8-20-15(19)12-21(38-20)22-18(29)11-16-23(25(22)36-5)31(14-9-10-14)13-17(24(16)32)26(33)34/h11-14,19H,6-10H2,1-5H3,(H,33,34). The number of amides is 1. The normalized spacial score (nSPS) is 17.3. The summed E-state index contributed by atoms with van der Waals surface area (Å²) in [5, 5.41) is 9.56. The van der Waals surface area contributed by atoms with Gasteiger partial charge in [-0.25, -0.2) is 14.0 Å². The minimum absolute atomic E-state index is 0.0150. The number of methoxy groups -OCH3 is 1. The number of carboxylic acid groups (broad SMARTS) is 1. The number of carboxylic acids is 1. The number of pyridine rings is 1. The number of aryl methyl sites for hydroxylation is 1. The van der Waals surface area contributed by atoms with Crippen molar-refractivity contribution < 1.29 is 28.6 Å². The molecule has 0 radical (unpaired) electrons. The van der Waals surface area contributed by atoms with Crippen molar-refractivity contribution in [3.05, 3.63) is 50.4 Å². The second-order valence-corrected chi connectivity index (χ2v) is 12.1. The summed E-state index contributed by atoms with van der Waals surface area (Å²) in [6.07, 6.45) is 5.04. The Balaban J connectivity index is 1.66. The van der Waals surface area contributed by atoms with Gasteiger partial charge in [-0.15, -0.1) is 11.3 Å². The van der Waals surface area contributed by atoms with Crippen LogP contribution < -0.4 is 10.2 Å². The van der Waals surface area contributed by atoms with Crippen molar-refractivity contribution in [1.82, 2.24) is 9.47 Å². The zero-order valence-corrected chi connectivity index (χ0v) is 22.9. The van der Waals surface area contributed by atoms with Crippen molar-refractivity contribution in [3.8, 4) is 16.2 Å². The first-order valence-corrected chi connectivity index (χ1v) is 13.5. The molecule has 202 valence electrons. The van der Waals surface area contributed by atoms with E-state index in [0.29, 0.717) is 10.4 Å². The number of aromatic carboxylic acids is 1. The van der Waals surface area contributed by atoms with Crippen LogP contribution in [0, 0.1) is 5.82 Å². The molecule has 0 spiro atoms. The predicted octanol–water partition coefficient (Wildman–Crippen LogP) is 6.16. The lowest BCUT2D eigenvalue weighted by Crippen LogP contribution is -2.37. The SMILES string of the molecule is COc1c(-c2cc3c(s2)CCCC3N(C)C(=O)OC(C)(C)C)c(F)cc2c(=O)c(C(=O)O)cn(C3CC3)c12. The lowest BCUT2D eigenvalue weighted by Gasteiger charge is -2.33. The van der Waals surface area contributed by atoms with E-state index in [4.69, 9.17) is 9.47 Å². The lowest BCUT2D eigenvalue weighted by atomic mass is 9.92. The van der Waals surface area contributed by atoms with Crippen LogP contribution in [0.1, 0.15) is 79.3 Å². The van der Waals surface area contributed by atoms with Gasteiger partial charge >= 0.3 is 12.1 Å². The number of fused-ring (bicyclic) bond motifs is 2. The first-order chi connectivity index (χ1) is 17.9. The summed E-state index contributed by atoms with van der Waals surface area (Å²) < 4.78 is 28.9. The molecule has 38 heavy (non-hydrogen) atoms. The van der Waals surface area contributed by atoms with E-state index in [2.05, 4.69) is 0 Å². The third-order valence-electron chi connectivity index (χ3n) is 7.08. The van der Waals surface area contributed by atoms with Gasteiger partial charge in [-0.2, -0.15) is 0 Å². The third-order valence-corrected chi connectivity index (χ3v) is 8.30. The van der Waals surface area contributed by atoms with Gasteiger partial charge in [0.05, 0.1) is 29.6 Å². The fourth-order valence-corrected chi connectivity index (χ4v) is 6.50. The topological polar surface area (TPSA) is 98.1 Å². The molecule has 1 aromatic carbocycles. The number of nitrogens with zero attached hydrogens (tertiary/aromatic N) is 2. The maximum absolute atomic E-state index is 15.8. The Kier molecular flexibility index (Phi) is 6.49. The molecule has 1 amide bonds.